The number of thioether (sulfide) groups is 1. The van der Waals surface area contributed by atoms with Crippen LogP contribution in [0.25, 0.3) is 10.2 Å². The summed E-state index contributed by atoms with van der Waals surface area (Å²) in [5.41, 5.74) is 1.20. The number of fused-ring (bicyclic) bond motifs is 1. The zero-order chi connectivity index (χ0) is 13.3. The van der Waals surface area contributed by atoms with Gasteiger partial charge in [-0.1, -0.05) is 18.7 Å². The number of aromatic nitrogens is 2. The monoisotopic (exact) mass is 282 g/mol. The quantitative estimate of drug-likeness (QED) is 0.635. The molecule has 2 heterocycles. The van der Waals surface area contributed by atoms with Gasteiger partial charge < -0.3 is 0 Å². The molecule has 0 amide bonds. The third-order valence-electron chi connectivity index (χ3n) is 3.01. The molecule has 0 aliphatic rings. The molecule has 0 aliphatic carbocycles. The Kier molecular flexibility index (Phi) is 4.12. The fourth-order valence-electron chi connectivity index (χ4n) is 1.89. The van der Waals surface area contributed by atoms with Crippen LogP contribution in [0.4, 0.5) is 0 Å². The maximum atomic E-state index is 12.5. The third-order valence-corrected chi connectivity index (χ3v) is 5.29. The molecule has 5 heteroatoms. The van der Waals surface area contributed by atoms with Gasteiger partial charge in [0.25, 0.3) is 5.56 Å². The summed E-state index contributed by atoms with van der Waals surface area (Å²) < 4.78 is 1.79. The van der Waals surface area contributed by atoms with Crippen molar-refractivity contribution in [3.63, 3.8) is 0 Å². The van der Waals surface area contributed by atoms with E-state index >= 15 is 0 Å². The SMILES string of the molecule is CCCSc1nc2sc(C)c(C)c2c(=O)n1CC. The zero-order valence-electron chi connectivity index (χ0n) is 11.2. The van der Waals surface area contributed by atoms with Gasteiger partial charge in [0.05, 0.1) is 5.39 Å². The second-order valence-electron chi connectivity index (χ2n) is 4.26. The van der Waals surface area contributed by atoms with Gasteiger partial charge in [0.15, 0.2) is 5.16 Å². The fraction of sp³-hybridized carbons (Fsp3) is 0.538. The van der Waals surface area contributed by atoms with Gasteiger partial charge in [-0.2, -0.15) is 0 Å². The molecule has 0 saturated carbocycles. The molecule has 3 nitrogen and oxygen atoms in total. The first kappa shape index (κ1) is 13.6. The molecule has 0 aromatic carbocycles. The average Bonchev–Trinajstić information content (AvgIpc) is 2.63. The highest BCUT2D eigenvalue weighted by atomic mass is 32.2. The molecule has 98 valence electrons. The summed E-state index contributed by atoms with van der Waals surface area (Å²) in [4.78, 5) is 19.2. The maximum absolute atomic E-state index is 12.5. The van der Waals surface area contributed by atoms with Crippen LogP contribution >= 0.6 is 23.1 Å². The van der Waals surface area contributed by atoms with Gasteiger partial charge in [-0.05, 0) is 32.8 Å². The first-order valence-electron chi connectivity index (χ1n) is 6.23. The molecule has 0 radical (unpaired) electrons. The lowest BCUT2D eigenvalue weighted by Crippen LogP contribution is -2.22. The van der Waals surface area contributed by atoms with E-state index in [1.54, 1.807) is 27.7 Å². The first-order valence-corrected chi connectivity index (χ1v) is 8.03. The van der Waals surface area contributed by atoms with Crippen molar-refractivity contribution in [2.75, 3.05) is 5.75 Å². The second kappa shape index (κ2) is 5.45. The lowest BCUT2D eigenvalue weighted by Gasteiger charge is -2.09. The van der Waals surface area contributed by atoms with Gasteiger partial charge in [0, 0.05) is 17.2 Å². The summed E-state index contributed by atoms with van der Waals surface area (Å²) in [5.74, 6) is 1.00. The second-order valence-corrected chi connectivity index (χ2v) is 6.52. The van der Waals surface area contributed by atoms with Crippen molar-refractivity contribution in [1.29, 1.82) is 0 Å². The van der Waals surface area contributed by atoms with E-state index in [0.717, 1.165) is 33.1 Å². The Hall–Kier alpha value is -0.810. The van der Waals surface area contributed by atoms with Crippen molar-refractivity contribution < 1.29 is 0 Å². The summed E-state index contributed by atoms with van der Waals surface area (Å²) >= 11 is 3.30. The summed E-state index contributed by atoms with van der Waals surface area (Å²) in [6.07, 6.45) is 1.09. The average molecular weight is 282 g/mol. The molecular formula is C13H18N2OS2. The molecule has 2 aromatic rings. The molecule has 0 saturated heterocycles. The van der Waals surface area contributed by atoms with E-state index < -0.39 is 0 Å². The predicted octanol–water partition coefficient (Wildman–Crippen LogP) is 3.60. The van der Waals surface area contributed by atoms with Crippen LogP contribution in [0.2, 0.25) is 0 Å². The summed E-state index contributed by atoms with van der Waals surface area (Å²) in [6.45, 7) is 8.88. The van der Waals surface area contributed by atoms with E-state index in [1.807, 2.05) is 13.8 Å². The number of thiophene rings is 1. The molecule has 2 aromatic heterocycles. The minimum Gasteiger partial charge on any atom is -0.287 e. The summed E-state index contributed by atoms with van der Waals surface area (Å²) in [7, 11) is 0. The van der Waals surface area contributed by atoms with E-state index in [0.29, 0.717) is 6.54 Å². The van der Waals surface area contributed by atoms with Gasteiger partial charge in [-0.15, -0.1) is 11.3 Å². The molecule has 18 heavy (non-hydrogen) atoms. The Morgan fingerprint density at radius 2 is 2.06 bits per heavy atom. The Morgan fingerprint density at radius 1 is 1.33 bits per heavy atom. The molecule has 0 bridgehead atoms. The van der Waals surface area contributed by atoms with Gasteiger partial charge in [-0.3, -0.25) is 9.36 Å². The van der Waals surface area contributed by atoms with Crippen molar-refractivity contribution in [2.24, 2.45) is 0 Å². The highest BCUT2D eigenvalue weighted by Crippen LogP contribution is 2.28. The smallest absolute Gasteiger partial charge is 0.263 e. The number of nitrogens with zero attached hydrogens (tertiary/aromatic N) is 2. The Labute approximate surface area is 115 Å². The lowest BCUT2D eigenvalue weighted by atomic mass is 10.2. The van der Waals surface area contributed by atoms with Crippen LogP contribution in [0.5, 0.6) is 0 Å². The zero-order valence-corrected chi connectivity index (χ0v) is 12.9. The van der Waals surface area contributed by atoms with Gasteiger partial charge in [0.2, 0.25) is 0 Å². The van der Waals surface area contributed by atoms with Crippen LogP contribution < -0.4 is 5.56 Å². The lowest BCUT2D eigenvalue weighted by molar-refractivity contribution is 0.635. The van der Waals surface area contributed by atoms with Gasteiger partial charge in [0.1, 0.15) is 4.83 Å². The van der Waals surface area contributed by atoms with Gasteiger partial charge in [-0.25, -0.2) is 4.98 Å². The standard InChI is InChI=1S/C13H18N2OS2/c1-5-7-17-13-14-11-10(8(3)9(4)18-11)12(16)15(13)6-2/h5-7H2,1-4H3. The fourth-order valence-corrected chi connectivity index (χ4v) is 3.88. The predicted molar refractivity (Wildman–Crippen MR) is 80.0 cm³/mol. The number of hydrogen-bond acceptors (Lipinski definition) is 4. The van der Waals surface area contributed by atoms with E-state index in [2.05, 4.69) is 18.8 Å². The van der Waals surface area contributed by atoms with Crippen LogP contribution in [0.1, 0.15) is 30.7 Å². The third kappa shape index (κ3) is 2.21. The van der Waals surface area contributed by atoms with E-state index in [9.17, 15) is 4.79 Å². The number of aryl methyl sites for hydroxylation is 2. The molecule has 0 fully saturated rings. The largest absolute Gasteiger partial charge is 0.287 e. The minimum atomic E-state index is 0.114. The van der Waals surface area contributed by atoms with E-state index in [1.165, 1.54) is 4.88 Å². The van der Waals surface area contributed by atoms with E-state index in [4.69, 9.17) is 0 Å². The highest BCUT2D eigenvalue weighted by molar-refractivity contribution is 7.99. The normalized spacial score (nSPS) is 11.3. The first-order chi connectivity index (χ1) is 8.60. The molecule has 0 unspecified atom stereocenters. The number of rotatable bonds is 4. The summed E-state index contributed by atoms with van der Waals surface area (Å²) in [6, 6.07) is 0. The molecule has 0 N–H and O–H groups in total. The minimum absolute atomic E-state index is 0.114. The van der Waals surface area contributed by atoms with Crippen LogP contribution in [0.3, 0.4) is 0 Å². The topological polar surface area (TPSA) is 34.9 Å². The Balaban J connectivity index is 2.69. The Morgan fingerprint density at radius 3 is 2.67 bits per heavy atom. The number of hydrogen-bond donors (Lipinski definition) is 0. The van der Waals surface area contributed by atoms with Crippen molar-refractivity contribution >= 4 is 33.3 Å². The van der Waals surface area contributed by atoms with Crippen LogP contribution in [0.15, 0.2) is 9.95 Å². The van der Waals surface area contributed by atoms with Crippen LogP contribution in [-0.4, -0.2) is 15.3 Å². The Bertz CT molecular complexity index is 628. The van der Waals surface area contributed by atoms with Crippen molar-refractivity contribution in [2.45, 2.75) is 45.8 Å². The molecule has 0 spiro atoms. The molecular weight excluding hydrogens is 264 g/mol. The van der Waals surface area contributed by atoms with Crippen LogP contribution in [0, 0.1) is 13.8 Å². The van der Waals surface area contributed by atoms with Crippen LogP contribution in [-0.2, 0) is 6.54 Å². The molecule has 0 aliphatic heterocycles. The van der Waals surface area contributed by atoms with Gasteiger partial charge >= 0.3 is 0 Å². The highest BCUT2D eigenvalue weighted by Gasteiger charge is 2.15. The van der Waals surface area contributed by atoms with Crippen molar-refractivity contribution in [1.82, 2.24) is 9.55 Å². The van der Waals surface area contributed by atoms with Crippen molar-refractivity contribution in [3.8, 4) is 0 Å². The maximum Gasteiger partial charge on any atom is 0.263 e. The van der Waals surface area contributed by atoms with Crippen molar-refractivity contribution in [3.05, 3.63) is 20.8 Å². The molecule has 2 rings (SSSR count). The molecule has 0 atom stereocenters. The summed E-state index contributed by atoms with van der Waals surface area (Å²) in [5, 5.41) is 1.67. The van der Waals surface area contributed by atoms with E-state index in [-0.39, 0.29) is 5.56 Å².